The first kappa shape index (κ1) is 13.5. The zero-order chi connectivity index (χ0) is 15.0. The lowest BCUT2D eigenvalue weighted by Crippen LogP contribution is -2.28. The van der Waals surface area contributed by atoms with Gasteiger partial charge in [0, 0.05) is 19.4 Å². The van der Waals surface area contributed by atoms with Crippen molar-refractivity contribution in [3.63, 3.8) is 0 Å². The van der Waals surface area contributed by atoms with Gasteiger partial charge in [0.25, 0.3) is 5.56 Å². The van der Waals surface area contributed by atoms with Crippen LogP contribution < -0.4 is 5.56 Å². The summed E-state index contributed by atoms with van der Waals surface area (Å²) in [5.74, 6) is 0.668. The Labute approximate surface area is 122 Å². The molecule has 0 fully saturated rings. The lowest BCUT2D eigenvalue weighted by atomic mass is 10.2. The lowest BCUT2D eigenvalue weighted by Gasteiger charge is -2.14. The fourth-order valence-electron chi connectivity index (χ4n) is 2.49. The molecule has 6 heteroatoms. The Morgan fingerprint density at radius 1 is 1.29 bits per heavy atom. The molecule has 1 aliphatic heterocycles. The van der Waals surface area contributed by atoms with Crippen LogP contribution in [-0.2, 0) is 31.4 Å². The number of aryl methyl sites for hydroxylation is 1. The topological polar surface area (TPSA) is 68.1 Å². The van der Waals surface area contributed by atoms with Gasteiger partial charge in [-0.3, -0.25) is 19.1 Å². The summed E-state index contributed by atoms with van der Waals surface area (Å²) < 4.78 is 1.52. The Hall–Kier alpha value is -2.50. The van der Waals surface area contributed by atoms with E-state index in [-0.39, 0.29) is 11.5 Å². The predicted octanol–water partition coefficient (Wildman–Crippen LogP) is 0.569. The van der Waals surface area contributed by atoms with E-state index in [0.717, 1.165) is 11.3 Å². The van der Waals surface area contributed by atoms with E-state index in [2.05, 4.69) is 9.97 Å². The summed E-state index contributed by atoms with van der Waals surface area (Å²) in [6.45, 7) is 2.55. The fourth-order valence-corrected chi connectivity index (χ4v) is 2.49. The summed E-state index contributed by atoms with van der Waals surface area (Å²) in [6, 6.07) is 3.64. The lowest BCUT2D eigenvalue weighted by molar-refractivity contribution is -0.131. The Morgan fingerprint density at radius 2 is 2.00 bits per heavy atom. The Morgan fingerprint density at radius 3 is 2.71 bits per heavy atom. The van der Waals surface area contributed by atoms with Crippen molar-refractivity contribution in [2.45, 2.75) is 26.4 Å². The molecule has 1 aliphatic rings. The van der Waals surface area contributed by atoms with E-state index in [1.807, 2.05) is 12.1 Å². The van der Waals surface area contributed by atoms with Crippen molar-refractivity contribution in [3.8, 4) is 0 Å². The van der Waals surface area contributed by atoms with Gasteiger partial charge in [-0.25, -0.2) is 4.98 Å². The molecule has 0 spiro atoms. The highest BCUT2D eigenvalue weighted by molar-refractivity contribution is 5.79. The first-order valence-corrected chi connectivity index (χ1v) is 6.78. The molecule has 3 heterocycles. The number of nitrogens with zero attached hydrogens (tertiary/aromatic N) is 4. The minimum Gasteiger partial charge on any atom is -0.332 e. The number of hydrogen-bond donors (Lipinski definition) is 0. The standard InChI is InChI=1S/C15H16N4O2/c1-10-17-13-9-19(8-12(13)15(21)18(10)2)14(20)7-11-3-5-16-6-4-11/h3-6H,7-9H2,1-2H3. The molecule has 0 unspecified atom stereocenters. The monoisotopic (exact) mass is 284 g/mol. The molecule has 2 aromatic rings. The van der Waals surface area contributed by atoms with E-state index in [4.69, 9.17) is 0 Å². The van der Waals surface area contributed by atoms with Gasteiger partial charge in [-0.05, 0) is 24.6 Å². The van der Waals surface area contributed by atoms with Crippen molar-refractivity contribution in [3.05, 3.63) is 57.5 Å². The molecule has 21 heavy (non-hydrogen) atoms. The van der Waals surface area contributed by atoms with Crippen LogP contribution in [0, 0.1) is 6.92 Å². The van der Waals surface area contributed by atoms with Crippen molar-refractivity contribution in [2.75, 3.05) is 0 Å². The third kappa shape index (κ3) is 2.44. The van der Waals surface area contributed by atoms with Crippen LogP contribution in [0.3, 0.4) is 0 Å². The Balaban J connectivity index is 1.80. The van der Waals surface area contributed by atoms with Crippen molar-refractivity contribution >= 4 is 5.91 Å². The van der Waals surface area contributed by atoms with Crippen molar-refractivity contribution in [2.24, 2.45) is 7.05 Å². The maximum atomic E-state index is 12.3. The number of carbonyl (C=O) groups is 1. The van der Waals surface area contributed by atoms with Gasteiger partial charge in [0.05, 0.1) is 30.8 Å². The molecule has 0 saturated heterocycles. The van der Waals surface area contributed by atoms with Crippen LogP contribution in [0.2, 0.25) is 0 Å². The molecule has 0 radical (unpaired) electrons. The smallest absolute Gasteiger partial charge is 0.258 e. The molecule has 2 aromatic heterocycles. The predicted molar refractivity (Wildman–Crippen MR) is 76.4 cm³/mol. The van der Waals surface area contributed by atoms with Gasteiger partial charge in [-0.1, -0.05) is 0 Å². The van der Waals surface area contributed by atoms with E-state index in [9.17, 15) is 9.59 Å². The van der Waals surface area contributed by atoms with Gasteiger partial charge >= 0.3 is 0 Å². The van der Waals surface area contributed by atoms with Gasteiger partial charge in [0.2, 0.25) is 5.91 Å². The number of amides is 1. The highest BCUT2D eigenvalue weighted by Crippen LogP contribution is 2.19. The zero-order valence-corrected chi connectivity index (χ0v) is 12.0. The van der Waals surface area contributed by atoms with Crippen LogP contribution in [0.25, 0.3) is 0 Å². The average molecular weight is 284 g/mol. The van der Waals surface area contributed by atoms with Crippen LogP contribution >= 0.6 is 0 Å². The summed E-state index contributed by atoms with van der Waals surface area (Å²) in [5, 5.41) is 0. The van der Waals surface area contributed by atoms with Crippen LogP contribution in [0.5, 0.6) is 0 Å². The molecule has 0 aliphatic carbocycles. The highest BCUT2D eigenvalue weighted by atomic mass is 16.2. The van der Waals surface area contributed by atoms with Gasteiger partial charge in [0.1, 0.15) is 5.82 Å². The molecule has 0 atom stereocenters. The van der Waals surface area contributed by atoms with Crippen LogP contribution in [0.15, 0.2) is 29.3 Å². The number of rotatable bonds is 2. The van der Waals surface area contributed by atoms with Crippen molar-refractivity contribution in [1.29, 1.82) is 0 Å². The number of pyridine rings is 1. The maximum Gasteiger partial charge on any atom is 0.258 e. The third-order valence-corrected chi connectivity index (χ3v) is 3.84. The number of carbonyl (C=O) groups excluding carboxylic acids is 1. The Kier molecular flexibility index (Phi) is 3.29. The second-order valence-electron chi connectivity index (χ2n) is 5.23. The Bertz CT molecular complexity index is 752. The van der Waals surface area contributed by atoms with E-state index in [1.54, 1.807) is 31.3 Å². The minimum absolute atomic E-state index is 0.00101. The van der Waals surface area contributed by atoms with Crippen LogP contribution in [0.4, 0.5) is 0 Å². The number of fused-ring (bicyclic) bond motifs is 1. The first-order chi connectivity index (χ1) is 10.1. The van der Waals surface area contributed by atoms with Crippen LogP contribution in [-0.4, -0.2) is 25.3 Å². The van der Waals surface area contributed by atoms with Gasteiger partial charge < -0.3 is 4.90 Å². The highest BCUT2D eigenvalue weighted by Gasteiger charge is 2.27. The SMILES string of the molecule is Cc1nc2c(c(=O)n1C)CN(C(=O)Cc1ccncc1)C2. The maximum absolute atomic E-state index is 12.3. The second-order valence-corrected chi connectivity index (χ2v) is 5.23. The molecule has 0 saturated carbocycles. The molecule has 108 valence electrons. The average Bonchev–Trinajstić information content (AvgIpc) is 2.90. The van der Waals surface area contributed by atoms with E-state index < -0.39 is 0 Å². The summed E-state index contributed by atoms with van der Waals surface area (Å²) in [6.07, 6.45) is 3.65. The van der Waals surface area contributed by atoms with E-state index >= 15 is 0 Å². The largest absolute Gasteiger partial charge is 0.332 e. The molecule has 0 bridgehead atoms. The molecule has 3 rings (SSSR count). The molecule has 0 aromatic carbocycles. The normalized spacial score (nSPS) is 13.3. The summed E-state index contributed by atoms with van der Waals surface area (Å²) in [5.41, 5.74) is 2.21. The summed E-state index contributed by atoms with van der Waals surface area (Å²) >= 11 is 0. The first-order valence-electron chi connectivity index (χ1n) is 6.78. The van der Waals surface area contributed by atoms with Gasteiger partial charge in [0.15, 0.2) is 0 Å². The third-order valence-electron chi connectivity index (χ3n) is 3.84. The molecule has 6 nitrogen and oxygen atoms in total. The second kappa shape index (κ2) is 5.12. The van der Waals surface area contributed by atoms with E-state index in [1.165, 1.54) is 4.57 Å². The van der Waals surface area contributed by atoms with Gasteiger partial charge in [-0.15, -0.1) is 0 Å². The molecule has 0 N–H and O–H groups in total. The fraction of sp³-hybridized carbons (Fsp3) is 0.333. The summed E-state index contributed by atoms with van der Waals surface area (Å²) in [7, 11) is 1.70. The molecular formula is C15H16N4O2. The number of hydrogen-bond acceptors (Lipinski definition) is 4. The van der Waals surface area contributed by atoms with E-state index in [0.29, 0.717) is 30.9 Å². The van der Waals surface area contributed by atoms with Gasteiger partial charge in [-0.2, -0.15) is 0 Å². The molecular weight excluding hydrogens is 268 g/mol. The number of aromatic nitrogens is 3. The summed E-state index contributed by atoms with van der Waals surface area (Å²) in [4.78, 5) is 34.5. The quantitative estimate of drug-likeness (QED) is 0.808. The van der Waals surface area contributed by atoms with Crippen molar-refractivity contribution in [1.82, 2.24) is 19.4 Å². The van der Waals surface area contributed by atoms with Crippen molar-refractivity contribution < 1.29 is 4.79 Å². The molecule has 1 amide bonds. The minimum atomic E-state index is -0.0586. The zero-order valence-electron chi connectivity index (χ0n) is 12.0. The van der Waals surface area contributed by atoms with Crippen LogP contribution in [0.1, 0.15) is 22.6 Å².